The normalized spacial score (nSPS) is 14.8. The van der Waals surface area contributed by atoms with Gasteiger partial charge in [0.1, 0.15) is 17.5 Å². The van der Waals surface area contributed by atoms with Crippen LogP contribution in [0.4, 0.5) is 29.2 Å². The van der Waals surface area contributed by atoms with Crippen LogP contribution >= 0.6 is 0 Å². The first-order chi connectivity index (χ1) is 15.4. The van der Waals surface area contributed by atoms with Gasteiger partial charge in [0, 0.05) is 18.7 Å². The molecule has 0 amide bonds. The van der Waals surface area contributed by atoms with Gasteiger partial charge in [-0.1, -0.05) is 12.1 Å². The molecular formula is C21H18F4N4O3S. The SMILES string of the molecule is Cc1ccc(F)cc1-c1nc(NS(=O)(=O)c2cccc(N3CC(O)C3)n2)ccc1C(F)(F)F. The fraction of sp³-hybridized carbons (Fsp3) is 0.238. The number of hydrogen-bond acceptors (Lipinski definition) is 6. The number of aromatic nitrogens is 2. The third kappa shape index (κ3) is 4.76. The van der Waals surface area contributed by atoms with Crippen molar-refractivity contribution in [3.63, 3.8) is 0 Å². The molecule has 12 heteroatoms. The van der Waals surface area contributed by atoms with E-state index in [2.05, 4.69) is 14.7 Å². The summed E-state index contributed by atoms with van der Waals surface area (Å²) in [5, 5.41) is 9.06. The summed E-state index contributed by atoms with van der Waals surface area (Å²) in [6.45, 7) is 2.11. The van der Waals surface area contributed by atoms with Crippen LogP contribution in [-0.2, 0) is 16.2 Å². The van der Waals surface area contributed by atoms with Crippen molar-refractivity contribution in [2.45, 2.75) is 24.2 Å². The summed E-state index contributed by atoms with van der Waals surface area (Å²) in [7, 11) is -4.30. The minimum atomic E-state index is -4.80. The zero-order chi connectivity index (χ0) is 24.0. The van der Waals surface area contributed by atoms with Gasteiger partial charge in [0.15, 0.2) is 5.03 Å². The molecule has 174 valence electrons. The average Bonchev–Trinajstić information content (AvgIpc) is 2.72. The van der Waals surface area contributed by atoms with Crippen molar-refractivity contribution >= 4 is 21.7 Å². The van der Waals surface area contributed by atoms with Gasteiger partial charge >= 0.3 is 6.18 Å². The number of aryl methyl sites for hydroxylation is 1. The minimum absolute atomic E-state index is 0.111. The zero-order valence-corrected chi connectivity index (χ0v) is 18.0. The standard InChI is InChI=1S/C21H18F4N4O3S/c1-12-5-6-13(22)9-15(12)20-16(21(23,24)25)7-8-17(26-20)28-33(31,32)19-4-2-3-18(27-19)29-10-14(30)11-29/h2-9,14,30H,10-11H2,1H3,(H,26,28). The topological polar surface area (TPSA) is 95.4 Å². The predicted octanol–water partition coefficient (Wildman–Crippen LogP) is 3.59. The third-order valence-corrected chi connectivity index (χ3v) is 6.32. The molecule has 0 saturated carbocycles. The molecule has 0 bridgehead atoms. The molecule has 1 fully saturated rings. The van der Waals surface area contributed by atoms with Gasteiger partial charge in [0.2, 0.25) is 0 Å². The zero-order valence-electron chi connectivity index (χ0n) is 17.1. The van der Waals surface area contributed by atoms with Crippen LogP contribution in [0.2, 0.25) is 0 Å². The van der Waals surface area contributed by atoms with E-state index in [4.69, 9.17) is 0 Å². The Morgan fingerprint density at radius 2 is 1.82 bits per heavy atom. The molecule has 1 saturated heterocycles. The highest BCUT2D eigenvalue weighted by Gasteiger charge is 2.35. The number of hydrogen-bond donors (Lipinski definition) is 2. The van der Waals surface area contributed by atoms with E-state index in [0.29, 0.717) is 30.5 Å². The van der Waals surface area contributed by atoms with Gasteiger partial charge in [-0.05, 0) is 48.9 Å². The highest BCUT2D eigenvalue weighted by Crippen LogP contribution is 2.38. The fourth-order valence-electron chi connectivity index (χ4n) is 3.36. The lowest BCUT2D eigenvalue weighted by Crippen LogP contribution is -2.51. The molecule has 0 unspecified atom stereocenters. The Balaban J connectivity index is 1.71. The largest absolute Gasteiger partial charge is 0.418 e. The summed E-state index contributed by atoms with van der Waals surface area (Å²) < 4.78 is 82.3. The molecule has 3 aromatic rings. The third-order valence-electron chi connectivity index (χ3n) is 5.06. The summed E-state index contributed by atoms with van der Waals surface area (Å²) in [6, 6.07) is 9.17. The number of anilines is 2. The van der Waals surface area contributed by atoms with Gasteiger partial charge in [-0.15, -0.1) is 0 Å². The number of nitrogens with zero attached hydrogens (tertiary/aromatic N) is 3. The van der Waals surface area contributed by atoms with E-state index in [-0.39, 0.29) is 16.4 Å². The summed E-state index contributed by atoms with van der Waals surface area (Å²) in [5.41, 5.74) is -1.51. The quantitative estimate of drug-likeness (QED) is 0.540. The van der Waals surface area contributed by atoms with Crippen molar-refractivity contribution in [1.82, 2.24) is 9.97 Å². The Morgan fingerprint density at radius 3 is 2.48 bits per heavy atom. The van der Waals surface area contributed by atoms with Crippen molar-refractivity contribution in [2.75, 3.05) is 22.7 Å². The number of nitrogens with one attached hydrogen (secondary N) is 1. The lowest BCUT2D eigenvalue weighted by atomic mass is 10.0. The summed E-state index contributed by atoms with van der Waals surface area (Å²) >= 11 is 0. The second-order valence-electron chi connectivity index (χ2n) is 7.55. The second kappa shape index (κ2) is 8.27. The number of aliphatic hydroxyl groups is 1. The van der Waals surface area contributed by atoms with Crippen LogP contribution in [0.1, 0.15) is 11.1 Å². The summed E-state index contributed by atoms with van der Waals surface area (Å²) in [5.74, 6) is -0.804. The summed E-state index contributed by atoms with van der Waals surface area (Å²) in [6.07, 6.45) is -5.32. The molecule has 1 aliphatic heterocycles. The number of halogens is 4. The number of aliphatic hydroxyl groups excluding tert-OH is 1. The van der Waals surface area contributed by atoms with Crippen molar-refractivity contribution < 1.29 is 31.1 Å². The van der Waals surface area contributed by atoms with Crippen molar-refractivity contribution in [1.29, 1.82) is 0 Å². The van der Waals surface area contributed by atoms with Crippen LogP contribution < -0.4 is 9.62 Å². The van der Waals surface area contributed by atoms with Crippen LogP contribution in [0.15, 0.2) is 53.6 Å². The number of β-amino-alcohol motifs (C(OH)–C–C–N with tert-alkyl or cyclic N) is 1. The van der Waals surface area contributed by atoms with Gasteiger partial charge in [-0.2, -0.15) is 21.6 Å². The number of benzene rings is 1. The minimum Gasteiger partial charge on any atom is -0.389 e. The first-order valence-electron chi connectivity index (χ1n) is 9.72. The number of pyridine rings is 2. The highest BCUT2D eigenvalue weighted by atomic mass is 32.2. The van der Waals surface area contributed by atoms with E-state index < -0.39 is 39.4 Å². The molecule has 33 heavy (non-hydrogen) atoms. The van der Waals surface area contributed by atoms with Crippen LogP contribution in [-0.4, -0.2) is 42.7 Å². The van der Waals surface area contributed by atoms with Crippen molar-refractivity contribution in [3.05, 3.63) is 65.5 Å². The van der Waals surface area contributed by atoms with E-state index in [1.54, 1.807) is 11.0 Å². The molecule has 0 atom stereocenters. The first-order valence-corrected chi connectivity index (χ1v) is 11.2. The van der Waals surface area contributed by atoms with Crippen LogP contribution in [0.3, 0.4) is 0 Å². The van der Waals surface area contributed by atoms with E-state index in [1.807, 2.05) is 0 Å². The maximum Gasteiger partial charge on any atom is 0.418 e. The maximum atomic E-state index is 13.8. The van der Waals surface area contributed by atoms with Crippen LogP contribution in [0.5, 0.6) is 0 Å². The molecule has 0 aliphatic carbocycles. The van der Waals surface area contributed by atoms with Crippen molar-refractivity contribution in [2.24, 2.45) is 0 Å². The van der Waals surface area contributed by atoms with E-state index in [1.165, 1.54) is 25.1 Å². The Kier molecular flexibility index (Phi) is 5.74. The highest BCUT2D eigenvalue weighted by molar-refractivity contribution is 7.92. The first kappa shape index (κ1) is 22.9. The van der Waals surface area contributed by atoms with Crippen LogP contribution in [0.25, 0.3) is 11.3 Å². The average molecular weight is 482 g/mol. The maximum absolute atomic E-state index is 13.8. The van der Waals surface area contributed by atoms with Gasteiger partial charge in [-0.3, -0.25) is 4.72 Å². The summed E-state index contributed by atoms with van der Waals surface area (Å²) in [4.78, 5) is 9.61. The number of sulfonamides is 1. The lowest BCUT2D eigenvalue weighted by Gasteiger charge is -2.36. The van der Waals surface area contributed by atoms with E-state index in [0.717, 1.165) is 18.2 Å². The molecule has 1 aliphatic rings. The van der Waals surface area contributed by atoms with Crippen molar-refractivity contribution in [3.8, 4) is 11.3 Å². The van der Waals surface area contributed by atoms with Gasteiger partial charge < -0.3 is 10.0 Å². The Labute approximate surface area is 186 Å². The fourth-order valence-corrected chi connectivity index (χ4v) is 4.33. The lowest BCUT2D eigenvalue weighted by molar-refractivity contribution is -0.137. The molecule has 7 nitrogen and oxygen atoms in total. The molecule has 3 heterocycles. The predicted molar refractivity (Wildman–Crippen MR) is 113 cm³/mol. The van der Waals surface area contributed by atoms with Gasteiger partial charge in [0.05, 0.1) is 17.4 Å². The molecule has 4 rings (SSSR count). The smallest absolute Gasteiger partial charge is 0.389 e. The Bertz CT molecular complexity index is 1310. The second-order valence-corrected chi connectivity index (χ2v) is 9.18. The monoisotopic (exact) mass is 482 g/mol. The molecule has 2 aromatic heterocycles. The van der Waals surface area contributed by atoms with E-state index >= 15 is 0 Å². The molecule has 2 N–H and O–H groups in total. The Morgan fingerprint density at radius 1 is 1.09 bits per heavy atom. The molecule has 1 aromatic carbocycles. The van der Waals surface area contributed by atoms with Gasteiger partial charge in [0.25, 0.3) is 10.0 Å². The Hall–Kier alpha value is -3.25. The van der Waals surface area contributed by atoms with Crippen LogP contribution in [0, 0.1) is 12.7 Å². The van der Waals surface area contributed by atoms with E-state index in [9.17, 15) is 31.1 Å². The molecular weight excluding hydrogens is 464 g/mol. The number of alkyl halides is 3. The van der Waals surface area contributed by atoms with Gasteiger partial charge in [-0.25, -0.2) is 14.4 Å². The number of rotatable bonds is 5. The molecule has 0 spiro atoms. The molecule has 0 radical (unpaired) electrons.